The van der Waals surface area contributed by atoms with E-state index in [1.54, 1.807) is 7.11 Å². The molecule has 3 heterocycles. The third-order valence-corrected chi connectivity index (χ3v) is 5.63. The molecule has 3 aliphatic rings. The third-order valence-electron chi connectivity index (χ3n) is 5.63. The number of nitrogens with zero attached hydrogens (tertiary/aromatic N) is 1. The molecule has 3 saturated heterocycles. The van der Waals surface area contributed by atoms with Crippen LogP contribution in [0, 0.1) is 5.92 Å². The minimum Gasteiger partial charge on any atom is -0.497 e. The maximum atomic E-state index is 13.1. The van der Waals surface area contributed by atoms with E-state index in [0.717, 1.165) is 49.5 Å². The van der Waals surface area contributed by atoms with Gasteiger partial charge in [-0.1, -0.05) is 30.3 Å². The summed E-state index contributed by atoms with van der Waals surface area (Å²) in [5, 5.41) is 3.34. The van der Waals surface area contributed by atoms with E-state index in [2.05, 4.69) is 10.2 Å². The number of carbonyl (C=O) groups excluding carboxylic acids is 1. The largest absolute Gasteiger partial charge is 0.497 e. The van der Waals surface area contributed by atoms with Crippen molar-refractivity contribution in [1.29, 1.82) is 0 Å². The van der Waals surface area contributed by atoms with Gasteiger partial charge in [0, 0.05) is 12.2 Å². The summed E-state index contributed by atoms with van der Waals surface area (Å²) in [7, 11) is 1.64. The van der Waals surface area contributed by atoms with Crippen molar-refractivity contribution in [2.45, 2.75) is 25.0 Å². The van der Waals surface area contributed by atoms with Crippen LogP contribution in [0.5, 0.6) is 5.75 Å². The Morgan fingerprint density at radius 1 is 1.07 bits per heavy atom. The predicted octanol–water partition coefficient (Wildman–Crippen LogP) is 3.49. The number of carbonyl (C=O) groups is 1. The van der Waals surface area contributed by atoms with Crippen LogP contribution in [-0.4, -0.2) is 43.7 Å². The maximum absolute atomic E-state index is 13.1. The molecule has 3 aliphatic heterocycles. The smallest absolute Gasteiger partial charge is 0.333 e. The van der Waals surface area contributed by atoms with Crippen LogP contribution in [0.4, 0.5) is 5.69 Å². The molecule has 3 fully saturated rings. The van der Waals surface area contributed by atoms with Crippen molar-refractivity contribution in [3.05, 3.63) is 60.2 Å². The highest BCUT2D eigenvalue weighted by molar-refractivity contribution is 5.81. The van der Waals surface area contributed by atoms with Crippen LogP contribution in [0.25, 0.3) is 0 Å². The first-order valence-electron chi connectivity index (χ1n) is 9.61. The molecular weight excluding hydrogens is 340 g/mol. The molecule has 0 aromatic heterocycles. The fraction of sp³-hybridized carbons (Fsp3) is 0.409. The molecular formula is C22H26N2O3. The lowest BCUT2D eigenvalue weighted by molar-refractivity contribution is -0.159. The van der Waals surface area contributed by atoms with Crippen LogP contribution in [0.2, 0.25) is 0 Å². The molecule has 1 N–H and O–H groups in total. The molecule has 0 amide bonds. The molecule has 1 unspecified atom stereocenters. The number of methoxy groups -OCH3 is 1. The molecule has 142 valence electrons. The summed E-state index contributed by atoms with van der Waals surface area (Å²) in [6, 6.07) is 16.8. The van der Waals surface area contributed by atoms with E-state index in [9.17, 15) is 4.79 Å². The zero-order valence-electron chi connectivity index (χ0n) is 15.6. The third kappa shape index (κ3) is 4.08. The number of esters is 1. The second-order valence-electron chi connectivity index (χ2n) is 7.33. The highest BCUT2D eigenvalue weighted by atomic mass is 16.5. The molecule has 0 spiro atoms. The summed E-state index contributed by atoms with van der Waals surface area (Å²) in [5.41, 5.74) is 1.76. The minimum absolute atomic E-state index is 0.00155. The van der Waals surface area contributed by atoms with Crippen molar-refractivity contribution in [3.8, 4) is 5.75 Å². The number of rotatable bonds is 6. The van der Waals surface area contributed by atoms with Gasteiger partial charge >= 0.3 is 5.97 Å². The molecule has 2 aromatic rings. The zero-order valence-corrected chi connectivity index (χ0v) is 15.6. The van der Waals surface area contributed by atoms with Gasteiger partial charge in [-0.25, -0.2) is 4.79 Å². The first kappa shape index (κ1) is 17.9. The SMILES string of the molecule is COc1ccc(C(Nc2ccccc2)C(=O)O[C@H]2CN3CCC2CC3)cc1. The molecule has 5 rings (SSSR count). The Morgan fingerprint density at radius 2 is 1.78 bits per heavy atom. The van der Waals surface area contributed by atoms with Crippen LogP contribution in [0.3, 0.4) is 0 Å². The number of hydrogen-bond acceptors (Lipinski definition) is 5. The van der Waals surface area contributed by atoms with Gasteiger partial charge in [-0.2, -0.15) is 0 Å². The molecule has 2 aromatic carbocycles. The summed E-state index contributed by atoms with van der Waals surface area (Å²) in [6.07, 6.45) is 2.24. The summed E-state index contributed by atoms with van der Waals surface area (Å²) in [4.78, 5) is 15.5. The lowest BCUT2D eigenvalue weighted by atomic mass is 9.86. The first-order chi connectivity index (χ1) is 13.2. The molecule has 0 aliphatic carbocycles. The topological polar surface area (TPSA) is 50.8 Å². The van der Waals surface area contributed by atoms with Crippen LogP contribution in [0.1, 0.15) is 24.4 Å². The van der Waals surface area contributed by atoms with Gasteiger partial charge in [0.2, 0.25) is 0 Å². The zero-order chi connectivity index (χ0) is 18.6. The fourth-order valence-corrected chi connectivity index (χ4v) is 4.04. The van der Waals surface area contributed by atoms with Crippen molar-refractivity contribution in [3.63, 3.8) is 0 Å². The van der Waals surface area contributed by atoms with E-state index in [1.807, 2.05) is 54.6 Å². The Kier molecular flexibility index (Phi) is 5.30. The quantitative estimate of drug-likeness (QED) is 0.793. The van der Waals surface area contributed by atoms with E-state index in [0.29, 0.717) is 5.92 Å². The highest BCUT2D eigenvalue weighted by Gasteiger charge is 2.37. The lowest BCUT2D eigenvalue weighted by Crippen LogP contribution is -2.52. The number of benzene rings is 2. The molecule has 2 bridgehead atoms. The highest BCUT2D eigenvalue weighted by Crippen LogP contribution is 2.31. The normalized spacial score (nSPS) is 24.9. The van der Waals surface area contributed by atoms with Crippen molar-refractivity contribution in [2.24, 2.45) is 5.92 Å². The van der Waals surface area contributed by atoms with Gasteiger partial charge in [0.15, 0.2) is 6.04 Å². The monoisotopic (exact) mass is 366 g/mol. The Balaban J connectivity index is 1.53. The Bertz CT molecular complexity index is 755. The van der Waals surface area contributed by atoms with Crippen molar-refractivity contribution < 1.29 is 14.3 Å². The predicted molar refractivity (Wildman–Crippen MR) is 105 cm³/mol. The molecule has 2 atom stereocenters. The first-order valence-corrected chi connectivity index (χ1v) is 9.61. The van der Waals surface area contributed by atoms with Gasteiger partial charge in [-0.15, -0.1) is 0 Å². The number of piperidine rings is 3. The van der Waals surface area contributed by atoms with Gasteiger partial charge in [0.1, 0.15) is 11.9 Å². The van der Waals surface area contributed by atoms with Crippen molar-refractivity contribution >= 4 is 11.7 Å². The standard InChI is InChI=1S/C22H26N2O3/c1-26-19-9-7-17(8-10-19)21(23-18-5-3-2-4-6-18)22(25)27-20-15-24-13-11-16(20)12-14-24/h2-10,16,20-21,23H,11-15H2,1H3/t20-,21?/m0/s1. The summed E-state index contributed by atoms with van der Waals surface area (Å²) in [6.45, 7) is 3.11. The number of para-hydroxylation sites is 1. The van der Waals surface area contributed by atoms with Gasteiger partial charge in [-0.05, 0) is 61.7 Å². The minimum atomic E-state index is -0.547. The van der Waals surface area contributed by atoms with Crippen LogP contribution in [-0.2, 0) is 9.53 Å². The van der Waals surface area contributed by atoms with Gasteiger partial charge in [-0.3, -0.25) is 4.90 Å². The second-order valence-corrected chi connectivity index (χ2v) is 7.33. The van der Waals surface area contributed by atoms with E-state index in [-0.39, 0.29) is 12.1 Å². The van der Waals surface area contributed by atoms with E-state index in [4.69, 9.17) is 9.47 Å². The molecule has 27 heavy (non-hydrogen) atoms. The number of hydrogen-bond donors (Lipinski definition) is 1. The average molecular weight is 366 g/mol. The summed E-state index contributed by atoms with van der Waals surface area (Å²) >= 11 is 0. The van der Waals surface area contributed by atoms with E-state index >= 15 is 0 Å². The van der Waals surface area contributed by atoms with Crippen molar-refractivity contribution in [2.75, 3.05) is 32.1 Å². The number of ether oxygens (including phenoxy) is 2. The van der Waals surface area contributed by atoms with Gasteiger partial charge < -0.3 is 14.8 Å². The van der Waals surface area contributed by atoms with E-state index in [1.165, 1.54) is 0 Å². The Morgan fingerprint density at radius 3 is 2.37 bits per heavy atom. The van der Waals surface area contributed by atoms with E-state index < -0.39 is 6.04 Å². The Hall–Kier alpha value is -2.53. The lowest BCUT2D eigenvalue weighted by Gasteiger charge is -2.44. The number of anilines is 1. The van der Waals surface area contributed by atoms with Gasteiger partial charge in [0.25, 0.3) is 0 Å². The van der Waals surface area contributed by atoms with Crippen molar-refractivity contribution in [1.82, 2.24) is 4.90 Å². The molecule has 5 heteroatoms. The fourth-order valence-electron chi connectivity index (χ4n) is 4.04. The van der Waals surface area contributed by atoms with Gasteiger partial charge in [0.05, 0.1) is 7.11 Å². The number of nitrogens with one attached hydrogen (secondary N) is 1. The van der Waals surface area contributed by atoms with Crippen LogP contribution < -0.4 is 10.1 Å². The van der Waals surface area contributed by atoms with Crippen LogP contribution in [0.15, 0.2) is 54.6 Å². The molecule has 0 saturated carbocycles. The summed E-state index contributed by atoms with van der Waals surface area (Å²) < 4.78 is 11.2. The van der Waals surface area contributed by atoms with Crippen LogP contribution >= 0.6 is 0 Å². The maximum Gasteiger partial charge on any atom is 0.333 e. The molecule has 5 nitrogen and oxygen atoms in total. The molecule has 0 radical (unpaired) electrons. The average Bonchev–Trinajstić information content (AvgIpc) is 2.74. The Labute approximate surface area is 160 Å². The summed E-state index contributed by atoms with van der Waals surface area (Å²) in [5.74, 6) is 1.04. The second kappa shape index (κ2) is 8.01. The number of fused-ring (bicyclic) bond motifs is 3.